The van der Waals surface area contributed by atoms with E-state index in [1.54, 1.807) is 0 Å². The van der Waals surface area contributed by atoms with Gasteiger partial charge in [-0.05, 0) is 43.0 Å². The van der Waals surface area contributed by atoms with Crippen LogP contribution in [0.3, 0.4) is 0 Å². The third-order valence-corrected chi connectivity index (χ3v) is 4.19. The fourth-order valence-corrected chi connectivity index (χ4v) is 2.95. The van der Waals surface area contributed by atoms with Gasteiger partial charge in [-0.2, -0.15) is 0 Å². The van der Waals surface area contributed by atoms with Crippen molar-refractivity contribution in [3.63, 3.8) is 0 Å². The van der Waals surface area contributed by atoms with Crippen LogP contribution < -0.4 is 5.32 Å². The van der Waals surface area contributed by atoms with E-state index >= 15 is 0 Å². The number of furan rings is 1. The predicted octanol–water partition coefficient (Wildman–Crippen LogP) is 4.03. The maximum Gasteiger partial charge on any atom is 0.220 e. The number of benzene rings is 1. The monoisotopic (exact) mass is 333 g/mol. The highest BCUT2D eigenvalue weighted by atomic mass is 35.5. The normalized spacial score (nSPS) is 17.9. The number of halogens is 1. The number of hydrogen-bond donors (Lipinski definition) is 1. The highest BCUT2D eigenvalue weighted by molar-refractivity contribution is 6.30. The molecule has 0 radical (unpaired) electrons. The van der Waals surface area contributed by atoms with Crippen molar-refractivity contribution in [2.24, 2.45) is 5.92 Å². The van der Waals surface area contributed by atoms with Crippen molar-refractivity contribution in [3.8, 4) is 11.3 Å². The van der Waals surface area contributed by atoms with Gasteiger partial charge in [-0.25, -0.2) is 0 Å². The van der Waals surface area contributed by atoms with Crippen LogP contribution in [0.15, 0.2) is 40.8 Å². The summed E-state index contributed by atoms with van der Waals surface area (Å²) in [5, 5.41) is 3.58. The second kappa shape index (κ2) is 7.66. The molecule has 2 heterocycles. The van der Waals surface area contributed by atoms with Crippen LogP contribution in [-0.2, 0) is 16.1 Å². The molecule has 3 rings (SSSR count). The molecular formula is C18H20ClNO3. The van der Waals surface area contributed by atoms with Crippen molar-refractivity contribution >= 4 is 17.5 Å². The first kappa shape index (κ1) is 16.1. The van der Waals surface area contributed by atoms with Crippen LogP contribution in [0.4, 0.5) is 0 Å². The first-order valence-corrected chi connectivity index (χ1v) is 8.27. The summed E-state index contributed by atoms with van der Waals surface area (Å²) >= 11 is 5.99. The number of rotatable bonds is 5. The van der Waals surface area contributed by atoms with Crippen LogP contribution >= 0.6 is 11.6 Å². The quantitative estimate of drug-likeness (QED) is 0.898. The van der Waals surface area contributed by atoms with Crippen LogP contribution in [-0.4, -0.2) is 19.1 Å². The van der Waals surface area contributed by atoms with E-state index in [9.17, 15) is 4.79 Å². The van der Waals surface area contributed by atoms with Crippen LogP contribution in [0.2, 0.25) is 5.02 Å². The highest BCUT2D eigenvalue weighted by Crippen LogP contribution is 2.24. The zero-order valence-corrected chi connectivity index (χ0v) is 13.6. The van der Waals surface area contributed by atoms with Gasteiger partial charge in [0.2, 0.25) is 5.91 Å². The molecule has 1 atom stereocenters. The Bertz CT molecular complexity index is 662. The summed E-state index contributed by atoms with van der Waals surface area (Å²) in [6, 6.07) is 11.3. The van der Waals surface area contributed by atoms with Gasteiger partial charge in [-0.15, -0.1) is 0 Å². The maximum absolute atomic E-state index is 12.0. The van der Waals surface area contributed by atoms with Crippen molar-refractivity contribution in [2.75, 3.05) is 13.2 Å². The summed E-state index contributed by atoms with van der Waals surface area (Å²) in [4.78, 5) is 12.0. The molecule has 2 aromatic rings. The van der Waals surface area contributed by atoms with E-state index in [1.807, 2.05) is 36.4 Å². The lowest BCUT2D eigenvalue weighted by atomic mass is 9.98. The Morgan fingerprint density at radius 1 is 1.30 bits per heavy atom. The molecule has 0 unspecified atom stereocenters. The third-order valence-electron chi connectivity index (χ3n) is 3.96. The molecule has 5 heteroatoms. The molecule has 0 aliphatic carbocycles. The van der Waals surface area contributed by atoms with Gasteiger partial charge in [0.1, 0.15) is 11.5 Å². The molecule has 1 aliphatic heterocycles. The van der Waals surface area contributed by atoms with Gasteiger partial charge in [0, 0.05) is 30.2 Å². The Kier molecular flexibility index (Phi) is 5.36. The summed E-state index contributed by atoms with van der Waals surface area (Å²) in [7, 11) is 0. The first-order chi connectivity index (χ1) is 11.2. The number of hydrogen-bond acceptors (Lipinski definition) is 3. The highest BCUT2D eigenvalue weighted by Gasteiger charge is 2.17. The number of amides is 1. The van der Waals surface area contributed by atoms with Gasteiger partial charge in [0.25, 0.3) is 0 Å². The number of nitrogens with one attached hydrogen (secondary N) is 1. The van der Waals surface area contributed by atoms with Crippen LogP contribution in [0, 0.1) is 5.92 Å². The van der Waals surface area contributed by atoms with Crippen molar-refractivity contribution in [1.29, 1.82) is 0 Å². The van der Waals surface area contributed by atoms with Gasteiger partial charge >= 0.3 is 0 Å². The van der Waals surface area contributed by atoms with Crippen molar-refractivity contribution in [3.05, 3.63) is 47.2 Å². The smallest absolute Gasteiger partial charge is 0.220 e. The minimum Gasteiger partial charge on any atom is -0.459 e. The van der Waals surface area contributed by atoms with E-state index in [0.29, 0.717) is 30.5 Å². The third kappa shape index (κ3) is 4.60. The van der Waals surface area contributed by atoms with E-state index in [4.69, 9.17) is 20.8 Å². The Morgan fingerprint density at radius 3 is 3.00 bits per heavy atom. The molecule has 1 amide bonds. The Morgan fingerprint density at radius 2 is 2.22 bits per heavy atom. The second-order valence-electron chi connectivity index (χ2n) is 5.84. The lowest BCUT2D eigenvalue weighted by Gasteiger charge is -2.21. The second-order valence-corrected chi connectivity index (χ2v) is 6.28. The summed E-state index contributed by atoms with van der Waals surface area (Å²) in [6.07, 6.45) is 2.62. The summed E-state index contributed by atoms with van der Waals surface area (Å²) < 4.78 is 11.2. The van der Waals surface area contributed by atoms with Gasteiger partial charge in [-0.3, -0.25) is 4.79 Å². The summed E-state index contributed by atoms with van der Waals surface area (Å²) in [5.74, 6) is 1.86. The van der Waals surface area contributed by atoms with Gasteiger partial charge < -0.3 is 14.5 Å². The van der Waals surface area contributed by atoms with E-state index in [-0.39, 0.29) is 5.91 Å². The van der Waals surface area contributed by atoms with Crippen molar-refractivity contribution in [1.82, 2.24) is 5.32 Å². The average Bonchev–Trinajstić information content (AvgIpc) is 3.03. The fraction of sp³-hybridized carbons (Fsp3) is 0.389. The topological polar surface area (TPSA) is 51.5 Å². The van der Waals surface area contributed by atoms with Gasteiger partial charge in [0.15, 0.2) is 0 Å². The van der Waals surface area contributed by atoms with Crippen molar-refractivity contribution in [2.45, 2.75) is 25.8 Å². The minimum atomic E-state index is 0.0428. The Labute approximate surface area is 140 Å². The molecule has 0 spiro atoms. The van der Waals surface area contributed by atoms with Crippen LogP contribution in [0.25, 0.3) is 11.3 Å². The van der Waals surface area contributed by atoms with E-state index in [2.05, 4.69) is 5.32 Å². The van der Waals surface area contributed by atoms with Gasteiger partial charge in [0.05, 0.1) is 6.54 Å². The molecule has 0 bridgehead atoms. The molecule has 1 aromatic carbocycles. The predicted molar refractivity (Wildman–Crippen MR) is 89.2 cm³/mol. The minimum absolute atomic E-state index is 0.0428. The van der Waals surface area contributed by atoms with E-state index in [1.165, 1.54) is 0 Å². The first-order valence-electron chi connectivity index (χ1n) is 7.90. The summed E-state index contributed by atoms with van der Waals surface area (Å²) in [5.41, 5.74) is 0.925. The lowest BCUT2D eigenvalue weighted by Crippen LogP contribution is -2.28. The zero-order valence-electron chi connectivity index (χ0n) is 12.9. The molecule has 23 heavy (non-hydrogen) atoms. The molecule has 1 aromatic heterocycles. The lowest BCUT2D eigenvalue weighted by molar-refractivity contribution is -0.123. The molecule has 1 saturated heterocycles. The SMILES string of the molecule is O=C(C[C@@H]1CCCOC1)NCc1ccc(-c2cccc(Cl)c2)o1. The van der Waals surface area contributed by atoms with Crippen LogP contribution in [0.1, 0.15) is 25.0 Å². The molecule has 1 aliphatic rings. The van der Waals surface area contributed by atoms with Crippen LogP contribution in [0.5, 0.6) is 0 Å². The maximum atomic E-state index is 12.0. The van der Waals surface area contributed by atoms with Gasteiger partial charge in [-0.1, -0.05) is 23.7 Å². The zero-order chi connectivity index (χ0) is 16.1. The Balaban J connectivity index is 1.52. The molecule has 0 saturated carbocycles. The van der Waals surface area contributed by atoms with E-state index in [0.717, 1.165) is 36.5 Å². The number of ether oxygens (including phenoxy) is 1. The molecular weight excluding hydrogens is 314 g/mol. The summed E-state index contributed by atoms with van der Waals surface area (Å²) in [6.45, 7) is 1.90. The molecule has 122 valence electrons. The number of carbonyl (C=O) groups excluding carboxylic acids is 1. The average molecular weight is 334 g/mol. The number of carbonyl (C=O) groups is 1. The molecule has 4 nitrogen and oxygen atoms in total. The molecule has 1 fully saturated rings. The standard InChI is InChI=1S/C18H20ClNO3/c19-15-5-1-4-14(10-15)17-7-6-16(23-17)11-20-18(21)9-13-3-2-8-22-12-13/h1,4-7,10,13H,2-3,8-9,11-12H2,(H,20,21)/t13-/m0/s1. The van der Waals surface area contributed by atoms with Crippen molar-refractivity contribution < 1.29 is 13.9 Å². The fourth-order valence-electron chi connectivity index (χ4n) is 2.76. The van der Waals surface area contributed by atoms with E-state index < -0.39 is 0 Å². The Hall–Kier alpha value is -1.78. The molecule has 1 N–H and O–H groups in total. The largest absolute Gasteiger partial charge is 0.459 e.